The van der Waals surface area contributed by atoms with Crippen LogP contribution in [-0.2, 0) is 18.6 Å². The minimum atomic E-state index is 0.0990. The molecule has 0 aliphatic heterocycles. The predicted molar refractivity (Wildman–Crippen MR) is 140 cm³/mol. The van der Waals surface area contributed by atoms with Gasteiger partial charge in [-0.15, -0.1) is 10.2 Å². The van der Waals surface area contributed by atoms with Gasteiger partial charge in [0.05, 0.1) is 16.6 Å². The molecular weight excluding hydrogens is 450 g/mol. The summed E-state index contributed by atoms with van der Waals surface area (Å²) in [6.07, 6.45) is 0. The van der Waals surface area contributed by atoms with E-state index in [0.29, 0.717) is 18.3 Å². The van der Waals surface area contributed by atoms with Crippen molar-refractivity contribution in [3.63, 3.8) is 0 Å². The first-order valence-corrected chi connectivity index (χ1v) is 12.1. The third-order valence-electron chi connectivity index (χ3n) is 6.46. The fraction of sp³-hybridized carbons (Fsp3) is 0.241. The summed E-state index contributed by atoms with van der Waals surface area (Å²) in [5.41, 5.74) is 6.95. The molecule has 0 unspecified atom stereocenters. The van der Waals surface area contributed by atoms with Gasteiger partial charge in [0.1, 0.15) is 17.8 Å². The smallest absolute Gasteiger partial charge is 0.253 e. The van der Waals surface area contributed by atoms with Crippen molar-refractivity contribution in [3.05, 3.63) is 89.6 Å². The number of fused-ring (bicyclic) bond motifs is 4. The fourth-order valence-corrected chi connectivity index (χ4v) is 4.57. The molecule has 180 valence electrons. The minimum absolute atomic E-state index is 0.0990. The van der Waals surface area contributed by atoms with E-state index in [4.69, 9.17) is 19.1 Å². The average molecular weight is 478 g/mol. The number of hydrogen-bond donors (Lipinski definition) is 0. The monoisotopic (exact) mass is 477 g/mol. The molecule has 0 spiro atoms. The molecule has 7 heteroatoms. The van der Waals surface area contributed by atoms with Crippen LogP contribution in [0, 0.1) is 6.92 Å². The summed E-state index contributed by atoms with van der Waals surface area (Å²) in [6, 6.07) is 22.3. The first-order valence-electron chi connectivity index (χ1n) is 12.1. The van der Waals surface area contributed by atoms with Crippen LogP contribution in [0.4, 0.5) is 0 Å². The Labute approximate surface area is 208 Å². The van der Waals surface area contributed by atoms with Crippen molar-refractivity contribution in [3.8, 4) is 5.75 Å². The number of nitrogens with zero attached hydrogens (tertiary/aromatic N) is 5. The molecule has 0 N–H and O–H groups in total. The SMILES string of the molecule is Cc1cccc2c3nc4ccccc4nc3n(Cc3nnc(COc4ccc(C(C)(C)C)cc4)o3)c12. The van der Waals surface area contributed by atoms with E-state index >= 15 is 0 Å². The largest absolute Gasteiger partial charge is 0.484 e. The molecule has 0 aliphatic carbocycles. The van der Waals surface area contributed by atoms with E-state index in [2.05, 4.69) is 72.8 Å². The Kier molecular flexibility index (Phi) is 5.21. The highest BCUT2D eigenvalue weighted by Crippen LogP contribution is 2.31. The van der Waals surface area contributed by atoms with Gasteiger partial charge in [-0.05, 0) is 47.7 Å². The lowest BCUT2D eigenvalue weighted by atomic mass is 9.87. The Balaban J connectivity index is 1.30. The van der Waals surface area contributed by atoms with Gasteiger partial charge < -0.3 is 13.7 Å². The van der Waals surface area contributed by atoms with Crippen LogP contribution in [0.25, 0.3) is 33.1 Å². The highest BCUT2D eigenvalue weighted by Gasteiger charge is 2.19. The number of aromatic nitrogens is 5. The van der Waals surface area contributed by atoms with Gasteiger partial charge in [-0.25, -0.2) is 9.97 Å². The van der Waals surface area contributed by atoms with E-state index in [1.807, 2.05) is 36.4 Å². The van der Waals surface area contributed by atoms with Gasteiger partial charge in [0.15, 0.2) is 12.3 Å². The molecule has 7 nitrogen and oxygen atoms in total. The third-order valence-corrected chi connectivity index (χ3v) is 6.46. The van der Waals surface area contributed by atoms with Crippen LogP contribution in [0.1, 0.15) is 43.7 Å². The topological polar surface area (TPSA) is 78.9 Å². The summed E-state index contributed by atoms with van der Waals surface area (Å²) in [7, 11) is 0. The van der Waals surface area contributed by atoms with Crippen molar-refractivity contribution in [2.75, 3.05) is 0 Å². The zero-order valence-corrected chi connectivity index (χ0v) is 20.8. The molecule has 0 fully saturated rings. The van der Waals surface area contributed by atoms with E-state index in [9.17, 15) is 0 Å². The summed E-state index contributed by atoms with van der Waals surface area (Å²) in [5, 5.41) is 9.56. The molecule has 3 aromatic heterocycles. The lowest BCUT2D eigenvalue weighted by molar-refractivity contribution is 0.258. The zero-order valence-electron chi connectivity index (χ0n) is 20.8. The van der Waals surface area contributed by atoms with Crippen molar-refractivity contribution < 1.29 is 9.15 Å². The molecule has 0 saturated carbocycles. The van der Waals surface area contributed by atoms with Gasteiger partial charge in [0, 0.05) is 5.39 Å². The van der Waals surface area contributed by atoms with E-state index in [1.54, 1.807) is 0 Å². The quantitative estimate of drug-likeness (QED) is 0.288. The number of benzene rings is 3. The Hall–Kier alpha value is -4.26. The molecule has 3 heterocycles. The summed E-state index contributed by atoms with van der Waals surface area (Å²) in [5.74, 6) is 1.69. The zero-order chi connectivity index (χ0) is 24.9. The number of para-hydroxylation sites is 3. The van der Waals surface area contributed by atoms with Gasteiger partial charge >= 0.3 is 0 Å². The molecule has 0 radical (unpaired) electrons. The Morgan fingerprint density at radius 3 is 2.31 bits per heavy atom. The fourth-order valence-electron chi connectivity index (χ4n) is 4.57. The molecule has 0 saturated heterocycles. The molecule has 0 amide bonds. The first-order chi connectivity index (χ1) is 17.4. The average Bonchev–Trinajstić information content (AvgIpc) is 3.44. The van der Waals surface area contributed by atoms with Crippen LogP contribution >= 0.6 is 0 Å². The summed E-state index contributed by atoms with van der Waals surface area (Å²) in [4.78, 5) is 9.87. The summed E-state index contributed by atoms with van der Waals surface area (Å²) in [6.45, 7) is 9.26. The maximum Gasteiger partial charge on any atom is 0.253 e. The van der Waals surface area contributed by atoms with Crippen LogP contribution in [0.5, 0.6) is 5.75 Å². The van der Waals surface area contributed by atoms with Crippen LogP contribution in [0.3, 0.4) is 0 Å². The van der Waals surface area contributed by atoms with Crippen molar-refractivity contribution in [2.45, 2.75) is 46.3 Å². The molecule has 6 rings (SSSR count). The molecule has 3 aromatic carbocycles. The second kappa shape index (κ2) is 8.45. The van der Waals surface area contributed by atoms with E-state index in [-0.39, 0.29) is 12.0 Å². The van der Waals surface area contributed by atoms with Gasteiger partial charge in [0.2, 0.25) is 5.89 Å². The number of hydrogen-bond acceptors (Lipinski definition) is 6. The third kappa shape index (κ3) is 3.96. The number of rotatable bonds is 5. The molecule has 0 aliphatic rings. The van der Waals surface area contributed by atoms with Crippen molar-refractivity contribution >= 4 is 33.1 Å². The maximum absolute atomic E-state index is 5.97. The van der Waals surface area contributed by atoms with Crippen molar-refractivity contribution in [2.24, 2.45) is 0 Å². The lowest BCUT2D eigenvalue weighted by Gasteiger charge is -2.19. The van der Waals surface area contributed by atoms with Gasteiger partial charge in [-0.3, -0.25) is 0 Å². The highest BCUT2D eigenvalue weighted by molar-refractivity contribution is 6.07. The van der Waals surface area contributed by atoms with Crippen LogP contribution in [0.2, 0.25) is 0 Å². The standard InChI is InChI=1S/C29H27N5O2/c1-18-8-7-9-21-26-28(31-23-11-6-5-10-22(23)30-26)34(27(18)21)16-24-32-33-25(36-24)17-35-20-14-12-19(13-15-20)29(2,3)4/h5-15H,16-17H2,1-4H3. The first kappa shape index (κ1) is 22.2. The molecule has 6 aromatic rings. The second-order valence-corrected chi connectivity index (χ2v) is 10.1. The van der Waals surface area contributed by atoms with Crippen molar-refractivity contribution in [1.82, 2.24) is 24.7 Å². The lowest BCUT2D eigenvalue weighted by Crippen LogP contribution is -2.10. The Morgan fingerprint density at radius 2 is 1.56 bits per heavy atom. The molecule has 0 bridgehead atoms. The molecular formula is C29H27N5O2. The van der Waals surface area contributed by atoms with Gasteiger partial charge in [-0.2, -0.15) is 0 Å². The van der Waals surface area contributed by atoms with E-state index in [0.717, 1.165) is 44.4 Å². The maximum atomic E-state index is 5.97. The summed E-state index contributed by atoms with van der Waals surface area (Å²) >= 11 is 0. The second-order valence-electron chi connectivity index (χ2n) is 10.1. The van der Waals surface area contributed by atoms with Gasteiger partial charge in [0.25, 0.3) is 5.89 Å². The van der Waals surface area contributed by atoms with Crippen LogP contribution in [0.15, 0.2) is 71.1 Å². The van der Waals surface area contributed by atoms with Crippen molar-refractivity contribution in [1.29, 1.82) is 0 Å². The summed E-state index contributed by atoms with van der Waals surface area (Å²) < 4.78 is 14.0. The number of ether oxygens (including phenoxy) is 1. The van der Waals surface area contributed by atoms with E-state index in [1.165, 1.54) is 5.56 Å². The minimum Gasteiger partial charge on any atom is -0.484 e. The Bertz CT molecular complexity index is 1710. The Morgan fingerprint density at radius 1 is 0.833 bits per heavy atom. The molecule has 36 heavy (non-hydrogen) atoms. The van der Waals surface area contributed by atoms with Crippen LogP contribution in [-0.4, -0.2) is 24.7 Å². The highest BCUT2D eigenvalue weighted by atomic mass is 16.5. The number of aryl methyl sites for hydroxylation is 1. The molecule has 0 atom stereocenters. The van der Waals surface area contributed by atoms with Crippen LogP contribution < -0.4 is 4.74 Å². The normalized spacial score (nSPS) is 12.1. The van der Waals surface area contributed by atoms with E-state index < -0.39 is 0 Å². The predicted octanol–water partition coefficient (Wildman–Crippen LogP) is 6.35. The van der Waals surface area contributed by atoms with Gasteiger partial charge in [-0.1, -0.05) is 63.2 Å².